The summed E-state index contributed by atoms with van der Waals surface area (Å²) in [6.45, 7) is 4.10. The van der Waals surface area contributed by atoms with Crippen LogP contribution in [0, 0.1) is 13.8 Å². The number of nitrogens with zero attached hydrogens (tertiary/aromatic N) is 4. The van der Waals surface area contributed by atoms with Gasteiger partial charge in [0.15, 0.2) is 5.71 Å². The normalized spacial score (nSPS) is 14.9. The predicted molar refractivity (Wildman–Crippen MR) is 136 cm³/mol. The van der Waals surface area contributed by atoms with Crippen molar-refractivity contribution < 1.29 is 4.79 Å². The van der Waals surface area contributed by atoms with Crippen molar-refractivity contribution in [2.24, 2.45) is 10.1 Å². The molecule has 0 bridgehead atoms. The van der Waals surface area contributed by atoms with E-state index in [2.05, 4.69) is 13.0 Å². The highest BCUT2D eigenvalue weighted by Gasteiger charge is 2.31. The highest BCUT2D eigenvalue weighted by atomic mass is 35.5. The zero-order valence-corrected chi connectivity index (χ0v) is 20.0. The standard InChI is InChI=1S/C26H21ClN4OS/c1-16-11-12-21(17(2)13-16)28-26-31(23(15-33-26)18-7-6-8-19(27)14-18)29-24-20-9-4-5-10-22(20)30(3)25(24)32/h4-15H,1-3H3/b28-26?,29-24+. The summed E-state index contributed by atoms with van der Waals surface area (Å²) in [5.41, 5.74) is 6.87. The number of aryl methyl sites for hydroxylation is 2. The first kappa shape index (κ1) is 21.4. The molecule has 0 radical (unpaired) electrons. The molecular formula is C26H21ClN4OS. The van der Waals surface area contributed by atoms with Crippen molar-refractivity contribution in [2.45, 2.75) is 13.8 Å². The number of amides is 1. The third-order valence-corrected chi connectivity index (χ3v) is 6.65. The van der Waals surface area contributed by atoms with E-state index in [1.165, 1.54) is 16.9 Å². The number of hydrogen-bond acceptors (Lipinski definition) is 4. The summed E-state index contributed by atoms with van der Waals surface area (Å²) in [5, 5.41) is 7.48. The third kappa shape index (κ3) is 3.92. The fraction of sp³-hybridized carbons (Fsp3) is 0.115. The van der Waals surface area contributed by atoms with E-state index >= 15 is 0 Å². The lowest BCUT2D eigenvalue weighted by Crippen LogP contribution is -2.27. The smallest absolute Gasteiger partial charge is 0.279 e. The monoisotopic (exact) mass is 472 g/mol. The molecule has 0 saturated carbocycles. The average molecular weight is 473 g/mol. The van der Waals surface area contributed by atoms with Gasteiger partial charge in [-0.1, -0.05) is 59.6 Å². The molecule has 1 aliphatic heterocycles. The maximum absolute atomic E-state index is 13.1. The molecule has 1 aromatic heterocycles. The number of aromatic nitrogens is 1. The minimum atomic E-state index is -0.149. The van der Waals surface area contributed by atoms with Crippen molar-refractivity contribution in [3.63, 3.8) is 0 Å². The number of halogens is 1. The first-order chi connectivity index (χ1) is 15.9. The van der Waals surface area contributed by atoms with Crippen LogP contribution < -0.4 is 9.70 Å². The van der Waals surface area contributed by atoms with Crippen LogP contribution in [0.15, 0.2) is 82.2 Å². The first-order valence-electron chi connectivity index (χ1n) is 10.5. The molecular weight excluding hydrogens is 452 g/mol. The summed E-state index contributed by atoms with van der Waals surface area (Å²) in [6, 6.07) is 21.4. The van der Waals surface area contributed by atoms with Gasteiger partial charge in [-0.3, -0.25) is 4.79 Å². The quantitative estimate of drug-likeness (QED) is 0.363. The van der Waals surface area contributed by atoms with Crippen LogP contribution in [0.2, 0.25) is 5.02 Å². The number of carbonyl (C=O) groups is 1. The van der Waals surface area contributed by atoms with E-state index in [1.54, 1.807) is 16.6 Å². The van der Waals surface area contributed by atoms with Crippen LogP contribution in [-0.4, -0.2) is 23.3 Å². The van der Waals surface area contributed by atoms with Crippen molar-refractivity contribution in [1.82, 2.24) is 4.68 Å². The number of benzene rings is 3. The Labute approximate surface area is 200 Å². The number of carbonyl (C=O) groups excluding carboxylic acids is 1. The Balaban J connectivity index is 1.76. The molecule has 1 amide bonds. The van der Waals surface area contributed by atoms with E-state index in [0.29, 0.717) is 15.5 Å². The molecule has 164 valence electrons. The van der Waals surface area contributed by atoms with Crippen molar-refractivity contribution >= 4 is 45.9 Å². The largest absolute Gasteiger partial charge is 0.309 e. The van der Waals surface area contributed by atoms with E-state index < -0.39 is 0 Å². The van der Waals surface area contributed by atoms with Crippen LogP contribution >= 0.6 is 22.9 Å². The molecule has 0 unspecified atom stereocenters. The van der Waals surface area contributed by atoms with Gasteiger partial charge in [0, 0.05) is 28.6 Å². The molecule has 3 aromatic carbocycles. The molecule has 0 N–H and O–H groups in total. The van der Waals surface area contributed by atoms with Gasteiger partial charge in [0.1, 0.15) is 0 Å². The molecule has 7 heteroatoms. The van der Waals surface area contributed by atoms with Crippen LogP contribution in [0.4, 0.5) is 11.4 Å². The molecule has 0 saturated heterocycles. The number of para-hydroxylation sites is 1. The zero-order chi connectivity index (χ0) is 23.1. The summed E-state index contributed by atoms with van der Waals surface area (Å²) in [6.07, 6.45) is 0. The molecule has 0 fully saturated rings. The second kappa shape index (κ2) is 8.46. The summed E-state index contributed by atoms with van der Waals surface area (Å²) < 4.78 is 1.75. The Morgan fingerprint density at radius 2 is 1.79 bits per heavy atom. The van der Waals surface area contributed by atoms with E-state index in [9.17, 15) is 4.79 Å². The number of rotatable bonds is 3. The van der Waals surface area contributed by atoms with E-state index in [4.69, 9.17) is 21.7 Å². The predicted octanol–water partition coefficient (Wildman–Crippen LogP) is 5.95. The third-order valence-electron chi connectivity index (χ3n) is 5.60. The Hall–Kier alpha value is -3.48. The average Bonchev–Trinajstić information content (AvgIpc) is 3.30. The van der Waals surface area contributed by atoms with E-state index in [-0.39, 0.29) is 5.91 Å². The lowest BCUT2D eigenvalue weighted by atomic mass is 10.1. The zero-order valence-electron chi connectivity index (χ0n) is 18.4. The minimum absolute atomic E-state index is 0.149. The molecule has 33 heavy (non-hydrogen) atoms. The molecule has 1 aliphatic rings. The topological polar surface area (TPSA) is 50.0 Å². The van der Waals surface area contributed by atoms with Crippen molar-refractivity contribution in [1.29, 1.82) is 0 Å². The summed E-state index contributed by atoms with van der Waals surface area (Å²) in [7, 11) is 1.76. The number of anilines is 1. The highest BCUT2D eigenvalue weighted by Crippen LogP contribution is 2.29. The van der Waals surface area contributed by atoms with Crippen LogP contribution in [0.5, 0.6) is 0 Å². The number of fused-ring (bicyclic) bond motifs is 1. The molecule has 5 rings (SSSR count). The Morgan fingerprint density at radius 3 is 2.58 bits per heavy atom. The van der Waals surface area contributed by atoms with Crippen LogP contribution in [0.3, 0.4) is 0 Å². The van der Waals surface area contributed by atoms with Crippen molar-refractivity contribution in [2.75, 3.05) is 11.9 Å². The van der Waals surface area contributed by atoms with Crippen molar-refractivity contribution in [3.8, 4) is 11.3 Å². The Kier molecular flexibility index (Phi) is 5.48. The van der Waals surface area contributed by atoms with Gasteiger partial charge in [-0.05, 0) is 43.7 Å². The lowest BCUT2D eigenvalue weighted by molar-refractivity contribution is -0.112. The van der Waals surface area contributed by atoms with Gasteiger partial charge in [0.25, 0.3) is 5.91 Å². The van der Waals surface area contributed by atoms with Gasteiger partial charge in [-0.15, -0.1) is 11.3 Å². The van der Waals surface area contributed by atoms with Gasteiger partial charge in [0.05, 0.1) is 17.1 Å². The minimum Gasteiger partial charge on any atom is -0.309 e. The summed E-state index contributed by atoms with van der Waals surface area (Å²) >= 11 is 7.75. The lowest BCUT2D eigenvalue weighted by Gasteiger charge is -2.08. The number of likely N-dealkylation sites (N-methyl/N-ethyl adjacent to an activating group) is 1. The molecule has 2 heterocycles. The molecule has 5 nitrogen and oxygen atoms in total. The van der Waals surface area contributed by atoms with E-state index in [0.717, 1.165) is 33.8 Å². The van der Waals surface area contributed by atoms with Gasteiger partial charge in [-0.2, -0.15) is 5.10 Å². The second-order valence-electron chi connectivity index (χ2n) is 7.96. The van der Waals surface area contributed by atoms with Crippen LogP contribution in [0.1, 0.15) is 16.7 Å². The molecule has 4 aromatic rings. The fourth-order valence-corrected chi connectivity index (χ4v) is 4.93. The maximum atomic E-state index is 13.1. The molecule has 0 atom stereocenters. The summed E-state index contributed by atoms with van der Waals surface area (Å²) in [5.74, 6) is -0.149. The van der Waals surface area contributed by atoms with Crippen molar-refractivity contribution in [3.05, 3.63) is 98.6 Å². The number of thiazole rings is 1. The van der Waals surface area contributed by atoms with Gasteiger partial charge >= 0.3 is 0 Å². The van der Waals surface area contributed by atoms with Gasteiger partial charge < -0.3 is 4.90 Å². The highest BCUT2D eigenvalue weighted by molar-refractivity contribution is 7.07. The Bertz CT molecular complexity index is 1500. The van der Waals surface area contributed by atoms with Gasteiger partial charge in [0.2, 0.25) is 4.80 Å². The number of hydrogen-bond donors (Lipinski definition) is 0. The van der Waals surface area contributed by atoms with Crippen LogP contribution in [-0.2, 0) is 4.79 Å². The van der Waals surface area contributed by atoms with E-state index in [1.807, 2.05) is 73.0 Å². The Morgan fingerprint density at radius 1 is 0.970 bits per heavy atom. The first-order valence-corrected chi connectivity index (χ1v) is 11.7. The van der Waals surface area contributed by atoms with Gasteiger partial charge in [-0.25, -0.2) is 9.67 Å². The second-order valence-corrected chi connectivity index (χ2v) is 9.23. The molecule has 0 aliphatic carbocycles. The maximum Gasteiger partial charge on any atom is 0.279 e. The summed E-state index contributed by atoms with van der Waals surface area (Å²) in [4.78, 5) is 20.3. The van der Waals surface area contributed by atoms with Crippen LogP contribution in [0.25, 0.3) is 11.3 Å². The fourth-order valence-electron chi connectivity index (χ4n) is 3.90. The molecule has 0 spiro atoms. The SMILES string of the molecule is Cc1ccc(N=c2scc(-c3cccc(Cl)c3)n2/N=C2/C(=O)N(C)c3ccccc32)c(C)c1.